The van der Waals surface area contributed by atoms with Crippen molar-refractivity contribution in [1.29, 1.82) is 0 Å². The molecule has 8 heteroatoms. The van der Waals surface area contributed by atoms with Gasteiger partial charge in [0, 0.05) is 12.1 Å². The van der Waals surface area contributed by atoms with Crippen LogP contribution in [0.5, 0.6) is 5.75 Å². The summed E-state index contributed by atoms with van der Waals surface area (Å²) in [6.07, 6.45) is 2.51. The molecule has 1 aromatic rings. The van der Waals surface area contributed by atoms with Gasteiger partial charge < -0.3 is 15.2 Å². The topological polar surface area (TPSA) is 119 Å². The van der Waals surface area contributed by atoms with Crippen molar-refractivity contribution < 1.29 is 24.4 Å². The number of carboxylic acid groups (broad SMARTS) is 1. The monoisotopic (exact) mass is 322 g/mol. The minimum Gasteiger partial charge on any atom is -0.495 e. The van der Waals surface area contributed by atoms with Gasteiger partial charge in [0.05, 0.1) is 29.6 Å². The van der Waals surface area contributed by atoms with E-state index in [2.05, 4.69) is 5.32 Å². The summed E-state index contributed by atoms with van der Waals surface area (Å²) in [5, 5.41) is 22.7. The van der Waals surface area contributed by atoms with Gasteiger partial charge in [0.1, 0.15) is 5.75 Å². The fraction of sp³-hybridized carbons (Fsp3) is 0.467. The summed E-state index contributed by atoms with van der Waals surface area (Å²) in [5.74, 6) is -2.53. The maximum absolute atomic E-state index is 12.4. The first-order valence-electron chi connectivity index (χ1n) is 7.30. The minimum atomic E-state index is -0.990. The third-order valence-corrected chi connectivity index (χ3v) is 4.07. The van der Waals surface area contributed by atoms with Gasteiger partial charge in [-0.05, 0) is 18.9 Å². The van der Waals surface area contributed by atoms with Crippen LogP contribution in [0.3, 0.4) is 0 Å². The molecule has 0 heterocycles. The summed E-state index contributed by atoms with van der Waals surface area (Å²) in [6, 6.07) is 3.87. The van der Waals surface area contributed by atoms with Crippen molar-refractivity contribution in [3.05, 3.63) is 28.3 Å². The Bertz CT molecular complexity index is 630. The molecule has 2 atom stereocenters. The fourth-order valence-electron chi connectivity index (χ4n) is 2.87. The lowest BCUT2D eigenvalue weighted by molar-refractivity contribution is -0.384. The van der Waals surface area contributed by atoms with Gasteiger partial charge in [-0.2, -0.15) is 0 Å². The van der Waals surface area contributed by atoms with Gasteiger partial charge in [-0.25, -0.2) is 0 Å². The summed E-state index contributed by atoms with van der Waals surface area (Å²) < 4.78 is 5.09. The van der Waals surface area contributed by atoms with E-state index in [0.29, 0.717) is 12.8 Å². The van der Waals surface area contributed by atoms with Crippen molar-refractivity contribution >= 4 is 23.3 Å². The lowest BCUT2D eigenvalue weighted by Gasteiger charge is -2.27. The molecule has 0 bridgehead atoms. The first-order valence-corrected chi connectivity index (χ1v) is 7.30. The number of nitrogens with one attached hydrogen (secondary N) is 1. The number of hydrogen-bond donors (Lipinski definition) is 2. The van der Waals surface area contributed by atoms with Crippen LogP contribution in [-0.4, -0.2) is 29.0 Å². The van der Waals surface area contributed by atoms with Crippen LogP contribution >= 0.6 is 0 Å². The summed E-state index contributed by atoms with van der Waals surface area (Å²) in [7, 11) is 1.39. The molecule has 1 aliphatic rings. The molecule has 1 aliphatic carbocycles. The number of carboxylic acids is 1. The molecule has 1 saturated carbocycles. The zero-order valence-corrected chi connectivity index (χ0v) is 12.7. The molecule has 0 radical (unpaired) electrons. The van der Waals surface area contributed by atoms with Crippen LogP contribution in [0.25, 0.3) is 0 Å². The molecule has 0 unspecified atom stereocenters. The van der Waals surface area contributed by atoms with Crippen LogP contribution in [0.2, 0.25) is 0 Å². The minimum absolute atomic E-state index is 0.168. The number of amides is 1. The largest absolute Gasteiger partial charge is 0.495 e. The molecule has 23 heavy (non-hydrogen) atoms. The fourth-order valence-corrected chi connectivity index (χ4v) is 2.87. The zero-order chi connectivity index (χ0) is 17.0. The number of nitro benzene ring substituents is 1. The first-order chi connectivity index (χ1) is 10.9. The van der Waals surface area contributed by atoms with Crippen LogP contribution in [0.15, 0.2) is 18.2 Å². The number of ether oxygens (including phenoxy) is 1. The van der Waals surface area contributed by atoms with E-state index in [4.69, 9.17) is 4.74 Å². The van der Waals surface area contributed by atoms with Gasteiger partial charge in [0.15, 0.2) is 0 Å². The van der Waals surface area contributed by atoms with Gasteiger partial charge in [-0.15, -0.1) is 0 Å². The van der Waals surface area contributed by atoms with Gasteiger partial charge in [0.25, 0.3) is 5.69 Å². The Labute approximate surface area is 132 Å². The van der Waals surface area contributed by atoms with Gasteiger partial charge in [-0.1, -0.05) is 12.8 Å². The van der Waals surface area contributed by atoms with Gasteiger partial charge in [-0.3, -0.25) is 19.7 Å². The SMILES string of the molecule is COc1ccc([N+](=O)[O-])cc1NC(=O)[C@H]1CCCC[C@H]1C(=O)O. The number of hydrogen-bond acceptors (Lipinski definition) is 5. The average Bonchev–Trinajstić information content (AvgIpc) is 2.54. The second-order valence-corrected chi connectivity index (χ2v) is 5.47. The third-order valence-electron chi connectivity index (χ3n) is 4.07. The Morgan fingerprint density at radius 3 is 2.52 bits per heavy atom. The molecule has 1 amide bonds. The number of benzene rings is 1. The molecular weight excluding hydrogens is 304 g/mol. The molecule has 1 aromatic carbocycles. The molecule has 0 aromatic heterocycles. The Kier molecular flexibility index (Phi) is 5.15. The Balaban J connectivity index is 2.23. The summed E-state index contributed by atoms with van der Waals surface area (Å²) in [5.41, 5.74) is -0.0130. The molecule has 2 rings (SSSR count). The van der Waals surface area contributed by atoms with Gasteiger partial charge >= 0.3 is 5.97 Å². The highest BCUT2D eigenvalue weighted by atomic mass is 16.6. The van der Waals surface area contributed by atoms with E-state index in [0.717, 1.165) is 12.8 Å². The van der Waals surface area contributed by atoms with Crippen molar-refractivity contribution in [2.24, 2.45) is 11.8 Å². The number of nitro groups is 1. The maximum atomic E-state index is 12.4. The van der Waals surface area contributed by atoms with Gasteiger partial charge in [0.2, 0.25) is 5.91 Å². The van der Waals surface area contributed by atoms with Crippen molar-refractivity contribution in [3.63, 3.8) is 0 Å². The Hall–Kier alpha value is -2.64. The number of aliphatic carboxylic acids is 1. The molecular formula is C15H18N2O6. The van der Waals surface area contributed by atoms with Crippen molar-refractivity contribution in [2.45, 2.75) is 25.7 Å². The Morgan fingerprint density at radius 2 is 1.96 bits per heavy atom. The molecule has 8 nitrogen and oxygen atoms in total. The van der Waals surface area contributed by atoms with E-state index in [9.17, 15) is 24.8 Å². The van der Waals surface area contributed by atoms with Crippen LogP contribution in [0, 0.1) is 22.0 Å². The molecule has 124 valence electrons. The van der Waals surface area contributed by atoms with E-state index in [1.54, 1.807) is 0 Å². The van der Waals surface area contributed by atoms with Crippen molar-refractivity contribution in [3.8, 4) is 5.75 Å². The van der Waals surface area contributed by atoms with Crippen molar-refractivity contribution in [1.82, 2.24) is 0 Å². The quantitative estimate of drug-likeness (QED) is 0.635. The number of rotatable bonds is 5. The molecule has 0 aliphatic heterocycles. The predicted molar refractivity (Wildman–Crippen MR) is 81.4 cm³/mol. The normalized spacial score (nSPS) is 20.6. The van der Waals surface area contributed by atoms with Crippen LogP contribution in [0.4, 0.5) is 11.4 Å². The lowest BCUT2D eigenvalue weighted by atomic mass is 9.78. The maximum Gasteiger partial charge on any atom is 0.307 e. The predicted octanol–water partition coefficient (Wildman–Crippen LogP) is 2.43. The number of anilines is 1. The second-order valence-electron chi connectivity index (χ2n) is 5.47. The Morgan fingerprint density at radius 1 is 1.30 bits per heavy atom. The highest BCUT2D eigenvalue weighted by Crippen LogP contribution is 2.34. The zero-order valence-electron chi connectivity index (χ0n) is 12.7. The number of nitrogens with zero attached hydrogens (tertiary/aromatic N) is 1. The van der Waals surface area contributed by atoms with Crippen molar-refractivity contribution in [2.75, 3.05) is 12.4 Å². The second kappa shape index (κ2) is 7.08. The first kappa shape index (κ1) is 16.7. The summed E-state index contributed by atoms with van der Waals surface area (Å²) >= 11 is 0. The molecule has 1 fully saturated rings. The highest BCUT2D eigenvalue weighted by molar-refractivity contribution is 5.96. The summed E-state index contributed by atoms with van der Waals surface area (Å²) in [6.45, 7) is 0. The molecule has 0 saturated heterocycles. The average molecular weight is 322 g/mol. The third kappa shape index (κ3) is 3.77. The highest BCUT2D eigenvalue weighted by Gasteiger charge is 2.36. The van der Waals surface area contributed by atoms with Crippen LogP contribution in [0.1, 0.15) is 25.7 Å². The smallest absolute Gasteiger partial charge is 0.307 e. The number of methoxy groups -OCH3 is 1. The van der Waals surface area contributed by atoms with Crippen LogP contribution in [-0.2, 0) is 9.59 Å². The van der Waals surface area contributed by atoms with E-state index < -0.39 is 28.6 Å². The molecule has 2 N–H and O–H groups in total. The number of carbonyl (C=O) groups excluding carboxylic acids is 1. The van der Waals surface area contributed by atoms with E-state index in [-0.39, 0.29) is 17.1 Å². The van der Waals surface area contributed by atoms with E-state index >= 15 is 0 Å². The van der Waals surface area contributed by atoms with E-state index in [1.807, 2.05) is 0 Å². The summed E-state index contributed by atoms with van der Waals surface area (Å²) in [4.78, 5) is 34.0. The van der Waals surface area contributed by atoms with E-state index in [1.165, 1.54) is 25.3 Å². The standard InChI is InChI=1S/C15H18N2O6/c1-23-13-7-6-9(17(21)22)8-12(13)16-14(18)10-4-2-3-5-11(10)15(19)20/h6-8,10-11H,2-5H2,1H3,(H,16,18)(H,19,20)/t10-,11+/m0/s1. The number of carbonyl (C=O) groups is 2. The number of non-ortho nitro benzene ring substituents is 1. The lowest BCUT2D eigenvalue weighted by Crippen LogP contribution is -2.36. The molecule has 0 spiro atoms. The van der Waals surface area contributed by atoms with Crippen LogP contribution < -0.4 is 10.1 Å².